The molecule has 3 heterocycles. The number of amides is 3. The molecule has 5 rings (SSSR count). The minimum Gasteiger partial charge on any atom is -0.497 e. The van der Waals surface area contributed by atoms with Crippen molar-refractivity contribution in [1.29, 1.82) is 0 Å². The van der Waals surface area contributed by atoms with E-state index in [2.05, 4.69) is 53.4 Å². The molecule has 13 heteroatoms. The molecule has 0 radical (unpaired) electrons. The van der Waals surface area contributed by atoms with Crippen molar-refractivity contribution in [3.63, 3.8) is 0 Å². The van der Waals surface area contributed by atoms with Gasteiger partial charge in [0.15, 0.2) is 0 Å². The first kappa shape index (κ1) is 25.0. The fourth-order valence-electron chi connectivity index (χ4n) is 4.03. The molecule has 3 amide bonds. The fraction of sp³-hybridized carbons (Fsp3) is 0.320. The highest BCUT2D eigenvalue weighted by atomic mass is 16.5. The molecule has 0 saturated carbocycles. The lowest BCUT2D eigenvalue weighted by atomic mass is 10.2. The molecular formula is C25H29N9O4. The number of imide groups is 1. The van der Waals surface area contributed by atoms with Crippen molar-refractivity contribution < 1.29 is 19.1 Å². The summed E-state index contributed by atoms with van der Waals surface area (Å²) >= 11 is 0. The fourth-order valence-corrected chi connectivity index (χ4v) is 4.03. The summed E-state index contributed by atoms with van der Waals surface area (Å²) in [4.78, 5) is 39.2. The van der Waals surface area contributed by atoms with Crippen LogP contribution in [0.3, 0.4) is 0 Å². The number of benzene rings is 2. The van der Waals surface area contributed by atoms with Crippen LogP contribution in [0.4, 0.5) is 28.3 Å². The summed E-state index contributed by atoms with van der Waals surface area (Å²) in [6.45, 7) is 3.94. The van der Waals surface area contributed by atoms with Gasteiger partial charge in [-0.15, -0.1) is 0 Å². The second-order valence-electron chi connectivity index (χ2n) is 8.68. The molecule has 2 fully saturated rings. The van der Waals surface area contributed by atoms with E-state index in [1.54, 1.807) is 7.11 Å². The Bertz CT molecular complexity index is 1280. The van der Waals surface area contributed by atoms with Gasteiger partial charge in [-0.05, 0) is 35.4 Å². The first-order valence-corrected chi connectivity index (χ1v) is 12.2. The number of rotatable bonds is 10. The van der Waals surface area contributed by atoms with E-state index in [0.717, 1.165) is 53.9 Å². The van der Waals surface area contributed by atoms with Crippen LogP contribution in [-0.2, 0) is 22.6 Å². The van der Waals surface area contributed by atoms with Gasteiger partial charge in [-0.3, -0.25) is 15.5 Å². The number of aromatic nitrogens is 3. The second-order valence-corrected chi connectivity index (χ2v) is 8.68. The number of nitrogens with one attached hydrogen (secondary N) is 4. The van der Waals surface area contributed by atoms with E-state index in [1.807, 2.05) is 36.4 Å². The van der Waals surface area contributed by atoms with Crippen LogP contribution in [0.5, 0.6) is 5.75 Å². The quantitative estimate of drug-likeness (QED) is 0.291. The van der Waals surface area contributed by atoms with Gasteiger partial charge in [0.2, 0.25) is 23.8 Å². The molecule has 1 aromatic heterocycles. The average molecular weight is 520 g/mol. The first-order valence-electron chi connectivity index (χ1n) is 12.2. The van der Waals surface area contributed by atoms with Gasteiger partial charge in [0.05, 0.1) is 20.3 Å². The van der Waals surface area contributed by atoms with Crippen molar-refractivity contribution in [1.82, 2.24) is 25.3 Å². The number of nitrogens with zero attached hydrogens (tertiary/aromatic N) is 5. The molecule has 3 aromatic rings. The predicted octanol–water partition coefficient (Wildman–Crippen LogP) is 1.82. The molecule has 0 bridgehead atoms. The molecule has 4 N–H and O–H groups in total. The van der Waals surface area contributed by atoms with E-state index in [9.17, 15) is 9.59 Å². The van der Waals surface area contributed by atoms with Gasteiger partial charge in [-0.1, -0.05) is 24.3 Å². The summed E-state index contributed by atoms with van der Waals surface area (Å²) in [5.74, 6) is 1.08. The van der Waals surface area contributed by atoms with Gasteiger partial charge in [0.1, 0.15) is 12.3 Å². The monoisotopic (exact) mass is 519 g/mol. The Morgan fingerprint density at radius 2 is 1.61 bits per heavy atom. The summed E-state index contributed by atoms with van der Waals surface area (Å²) in [5, 5.41) is 9.75. The second kappa shape index (κ2) is 11.6. The Labute approximate surface area is 219 Å². The smallest absolute Gasteiger partial charge is 0.343 e. The molecule has 0 unspecified atom stereocenters. The largest absolute Gasteiger partial charge is 0.497 e. The van der Waals surface area contributed by atoms with E-state index >= 15 is 0 Å². The van der Waals surface area contributed by atoms with Crippen LogP contribution in [0.15, 0.2) is 48.5 Å². The summed E-state index contributed by atoms with van der Waals surface area (Å²) < 4.78 is 10.7. The lowest BCUT2D eigenvalue weighted by Gasteiger charge is -2.29. The van der Waals surface area contributed by atoms with Crippen molar-refractivity contribution >= 4 is 35.5 Å². The third-order valence-electron chi connectivity index (χ3n) is 6.01. The van der Waals surface area contributed by atoms with Gasteiger partial charge < -0.3 is 25.0 Å². The Hall–Kier alpha value is -4.65. The SMILES string of the molecule is COc1ccc(CNc2nc(NCc3cccc(N4CCOCC4)c3)nc(NN3CC(=O)NC3=O)n2)cc1. The molecular weight excluding hydrogens is 490 g/mol. The molecule has 38 heavy (non-hydrogen) atoms. The summed E-state index contributed by atoms with van der Waals surface area (Å²) in [5.41, 5.74) is 5.98. The van der Waals surface area contributed by atoms with Crippen LogP contribution in [0.2, 0.25) is 0 Å². The van der Waals surface area contributed by atoms with Gasteiger partial charge in [-0.2, -0.15) is 15.0 Å². The normalized spacial score (nSPS) is 15.3. The Morgan fingerprint density at radius 1 is 0.921 bits per heavy atom. The van der Waals surface area contributed by atoms with Crippen molar-refractivity contribution in [2.24, 2.45) is 0 Å². The van der Waals surface area contributed by atoms with Crippen LogP contribution in [-0.4, -0.2) is 71.9 Å². The lowest BCUT2D eigenvalue weighted by Crippen LogP contribution is -2.36. The maximum atomic E-state index is 12.0. The number of hydrazine groups is 1. The van der Waals surface area contributed by atoms with Crippen LogP contribution in [0.1, 0.15) is 11.1 Å². The number of carbonyl (C=O) groups is 2. The lowest BCUT2D eigenvalue weighted by molar-refractivity contribution is -0.118. The van der Waals surface area contributed by atoms with Gasteiger partial charge in [-0.25, -0.2) is 9.80 Å². The maximum Gasteiger partial charge on any atom is 0.343 e. The number of ether oxygens (including phenoxy) is 2. The zero-order chi connectivity index (χ0) is 26.3. The minimum absolute atomic E-state index is 0.117. The standard InChI is InChI=1S/C25H29N9O4/c1-37-20-7-5-17(6-8-20)14-26-22-29-23(31-24(30-22)32-34-16-21(35)28-25(34)36)27-15-18-3-2-4-19(13-18)33-9-11-38-12-10-33/h2-8,13H,9-12,14-16H2,1H3,(H,28,35,36)(H3,26,27,29,30,31,32). The topological polar surface area (TPSA) is 146 Å². The molecule has 198 valence electrons. The molecule has 2 aliphatic rings. The molecule has 0 aliphatic carbocycles. The van der Waals surface area contributed by atoms with E-state index in [4.69, 9.17) is 9.47 Å². The predicted molar refractivity (Wildman–Crippen MR) is 141 cm³/mol. The van der Waals surface area contributed by atoms with Crippen molar-refractivity contribution in [3.05, 3.63) is 59.7 Å². The minimum atomic E-state index is -0.572. The van der Waals surface area contributed by atoms with E-state index in [-0.39, 0.29) is 12.5 Å². The molecule has 2 aromatic carbocycles. The number of morpholine rings is 1. The van der Waals surface area contributed by atoms with Crippen LogP contribution in [0.25, 0.3) is 0 Å². The number of hydrogen-bond donors (Lipinski definition) is 4. The number of hydrogen-bond acceptors (Lipinski definition) is 11. The Kier molecular flexibility index (Phi) is 7.64. The van der Waals surface area contributed by atoms with Gasteiger partial charge in [0, 0.05) is 31.9 Å². The summed E-state index contributed by atoms with van der Waals surface area (Å²) in [6.07, 6.45) is 0. The van der Waals surface area contributed by atoms with E-state index < -0.39 is 11.9 Å². The van der Waals surface area contributed by atoms with Crippen molar-refractivity contribution in [2.75, 3.05) is 60.9 Å². The Balaban J connectivity index is 1.30. The van der Waals surface area contributed by atoms with Crippen LogP contribution < -0.4 is 31.0 Å². The van der Waals surface area contributed by atoms with Gasteiger partial charge >= 0.3 is 6.03 Å². The summed E-state index contributed by atoms with van der Waals surface area (Å²) in [6, 6.07) is 15.3. The molecule has 2 aliphatic heterocycles. The molecule has 2 saturated heterocycles. The first-order chi connectivity index (χ1) is 18.6. The van der Waals surface area contributed by atoms with Crippen LogP contribution in [0, 0.1) is 0 Å². The molecule has 0 spiro atoms. The Morgan fingerprint density at radius 3 is 2.26 bits per heavy atom. The summed E-state index contributed by atoms with van der Waals surface area (Å²) in [7, 11) is 1.62. The van der Waals surface area contributed by atoms with E-state index in [1.165, 1.54) is 0 Å². The van der Waals surface area contributed by atoms with Crippen LogP contribution >= 0.6 is 0 Å². The average Bonchev–Trinajstić information content (AvgIpc) is 3.27. The molecule has 0 atom stereocenters. The van der Waals surface area contributed by atoms with Crippen molar-refractivity contribution in [2.45, 2.75) is 13.1 Å². The third-order valence-corrected chi connectivity index (χ3v) is 6.01. The van der Waals surface area contributed by atoms with E-state index in [0.29, 0.717) is 25.0 Å². The zero-order valence-electron chi connectivity index (χ0n) is 20.9. The highest BCUT2D eigenvalue weighted by Crippen LogP contribution is 2.19. The number of urea groups is 1. The number of anilines is 4. The number of methoxy groups -OCH3 is 1. The highest BCUT2D eigenvalue weighted by Gasteiger charge is 2.27. The van der Waals surface area contributed by atoms with Crippen molar-refractivity contribution in [3.8, 4) is 5.75 Å². The number of carbonyl (C=O) groups excluding carboxylic acids is 2. The van der Waals surface area contributed by atoms with Gasteiger partial charge in [0.25, 0.3) is 0 Å². The highest BCUT2D eigenvalue weighted by molar-refractivity contribution is 6.02. The maximum absolute atomic E-state index is 12.0. The zero-order valence-corrected chi connectivity index (χ0v) is 20.9. The molecule has 13 nitrogen and oxygen atoms in total. The third kappa shape index (κ3) is 6.37.